The number of methoxy groups -OCH3 is 1. The number of fused-ring (bicyclic) bond motifs is 4. The van der Waals surface area contributed by atoms with Gasteiger partial charge in [0.15, 0.2) is 5.78 Å². The van der Waals surface area contributed by atoms with Crippen molar-refractivity contribution in [3.05, 3.63) is 52.6 Å². The van der Waals surface area contributed by atoms with Crippen LogP contribution in [-0.4, -0.2) is 30.7 Å². The Morgan fingerprint density at radius 1 is 1.10 bits per heavy atom. The lowest BCUT2D eigenvalue weighted by Crippen LogP contribution is -2.39. The van der Waals surface area contributed by atoms with Gasteiger partial charge in [0.2, 0.25) is 0 Å². The number of carbonyl (C=O) groups is 1. The number of carbonyl (C=O) groups excluding carboxylic acids is 1. The monoisotopic (exact) mass is 394 g/mol. The molecule has 1 saturated heterocycles. The van der Waals surface area contributed by atoms with Gasteiger partial charge in [0, 0.05) is 11.8 Å². The van der Waals surface area contributed by atoms with Gasteiger partial charge in [0.25, 0.3) is 0 Å². The minimum absolute atomic E-state index is 0.118. The van der Waals surface area contributed by atoms with Crippen molar-refractivity contribution in [3.8, 4) is 5.75 Å². The smallest absolute Gasteiger partial charge is 0.156 e. The Labute approximate surface area is 172 Å². The molecule has 5 atom stereocenters. The average Bonchev–Trinajstić information content (AvgIpc) is 2.95. The minimum Gasteiger partial charge on any atom is -0.497 e. The van der Waals surface area contributed by atoms with Crippen LogP contribution in [0.25, 0.3) is 0 Å². The highest BCUT2D eigenvalue weighted by Crippen LogP contribution is 2.58. The molecular weight excluding hydrogens is 364 g/mol. The average molecular weight is 395 g/mol. The molecule has 1 aromatic rings. The predicted molar refractivity (Wildman–Crippen MR) is 111 cm³/mol. The maximum Gasteiger partial charge on any atom is 0.156 e. The summed E-state index contributed by atoms with van der Waals surface area (Å²) in [6.45, 7) is 2.78. The summed E-state index contributed by atoms with van der Waals surface area (Å²) >= 11 is 0. The van der Waals surface area contributed by atoms with Crippen molar-refractivity contribution >= 4 is 5.78 Å². The second-order valence-corrected chi connectivity index (χ2v) is 9.38. The Kier molecular flexibility index (Phi) is 4.67. The van der Waals surface area contributed by atoms with Crippen molar-refractivity contribution in [2.45, 2.75) is 57.7 Å². The SMILES string of the molecule is COc1ccc(C2OCC3(C)C(O)CCC3C3CCC4=CC(=O)CCC4=C23)cc1. The molecule has 5 rings (SSSR count). The van der Waals surface area contributed by atoms with E-state index in [0.717, 1.165) is 43.4 Å². The Balaban J connectivity index is 1.65. The molecule has 1 heterocycles. The van der Waals surface area contributed by atoms with Gasteiger partial charge in [-0.05, 0) is 84.4 Å². The molecular formula is C25H30O4. The topological polar surface area (TPSA) is 55.8 Å². The largest absolute Gasteiger partial charge is 0.497 e. The number of ether oxygens (including phenoxy) is 2. The molecule has 1 N–H and O–H groups in total. The van der Waals surface area contributed by atoms with Gasteiger partial charge < -0.3 is 14.6 Å². The highest BCUT2D eigenvalue weighted by Gasteiger charge is 2.54. The fourth-order valence-electron chi connectivity index (χ4n) is 6.29. The van der Waals surface area contributed by atoms with Crippen molar-refractivity contribution in [2.24, 2.45) is 17.3 Å². The third-order valence-corrected chi connectivity index (χ3v) is 7.92. The number of hydrogen-bond acceptors (Lipinski definition) is 4. The zero-order chi connectivity index (χ0) is 20.2. The molecule has 0 aromatic heterocycles. The van der Waals surface area contributed by atoms with Crippen LogP contribution in [0.3, 0.4) is 0 Å². The summed E-state index contributed by atoms with van der Waals surface area (Å²) in [5.41, 5.74) is 4.88. The van der Waals surface area contributed by atoms with Gasteiger partial charge in [-0.2, -0.15) is 0 Å². The van der Waals surface area contributed by atoms with Crippen molar-refractivity contribution in [1.29, 1.82) is 0 Å². The molecule has 0 amide bonds. The fourth-order valence-corrected chi connectivity index (χ4v) is 6.29. The molecule has 29 heavy (non-hydrogen) atoms. The van der Waals surface area contributed by atoms with Gasteiger partial charge in [-0.3, -0.25) is 4.79 Å². The lowest BCUT2D eigenvalue weighted by Gasteiger charge is -2.40. The molecule has 4 aliphatic rings. The van der Waals surface area contributed by atoms with Crippen LogP contribution in [0.5, 0.6) is 5.75 Å². The van der Waals surface area contributed by atoms with E-state index in [4.69, 9.17) is 9.47 Å². The molecule has 1 saturated carbocycles. The van der Waals surface area contributed by atoms with Gasteiger partial charge in [0.05, 0.1) is 19.8 Å². The maximum absolute atomic E-state index is 12.1. The Morgan fingerprint density at radius 2 is 1.90 bits per heavy atom. The first-order chi connectivity index (χ1) is 14.0. The zero-order valence-corrected chi connectivity index (χ0v) is 17.3. The number of aliphatic hydroxyl groups is 1. The van der Waals surface area contributed by atoms with Crippen molar-refractivity contribution < 1.29 is 19.4 Å². The Bertz CT molecular complexity index is 881. The molecule has 3 aliphatic carbocycles. The van der Waals surface area contributed by atoms with E-state index in [1.807, 2.05) is 18.2 Å². The zero-order valence-electron chi connectivity index (χ0n) is 17.3. The van der Waals surface area contributed by atoms with Crippen LogP contribution in [0.1, 0.15) is 57.1 Å². The van der Waals surface area contributed by atoms with Crippen LogP contribution in [0.4, 0.5) is 0 Å². The molecule has 0 radical (unpaired) electrons. The van der Waals surface area contributed by atoms with E-state index in [9.17, 15) is 9.90 Å². The second-order valence-electron chi connectivity index (χ2n) is 9.38. The van der Waals surface area contributed by atoms with E-state index in [1.54, 1.807) is 7.11 Å². The van der Waals surface area contributed by atoms with Crippen LogP contribution in [0.15, 0.2) is 47.1 Å². The number of hydrogen-bond donors (Lipinski definition) is 1. The summed E-state index contributed by atoms with van der Waals surface area (Å²) in [6, 6.07) is 8.18. The highest BCUT2D eigenvalue weighted by atomic mass is 16.5. The Hall–Kier alpha value is -1.91. The normalized spacial score (nSPS) is 36.7. The molecule has 5 unspecified atom stereocenters. The molecule has 0 bridgehead atoms. The third kappa shape index (κ3) is 3.00. The van der Waals surface area contributed by atoms with E-state index >= 15 is 0 Å². The van der Waals surface area contributed by atoms with E-state index in [-0.39, 0.29) is 23.4 Å². The number of rotatable bonds is 2. The number of aliphatic hydroxyl groups excluding tert-OH is 1. The molecule has 0 spiro atoms. The van der Waals surface area contributed by atoms with E-state index in [1.165, 1.54) is 16.7 Å². The number of allylic oxidation sites excluding steroid dienone is 3. The molecule has 154 valence electrons. The number of ketones is 1. The van der Waals surface area contributed by atoms with Crippen LogP contribution < -0.4 is 4.74 Å². The molecule has 1 aromatic carbocycles. The molecule has 1 aliphatic heterocycles. The third-order valence-electron chi connectivity index (χ3n) is 7.92. The van der Waals surface area contributed by atoms with Gasteiger partial charge in [-0.15, -0.1) is 0 Å². The van der Waals surface area contributed by atoms with Crippen molar-refractivity contribution in [3.63, 3.8) is 0 Å². The van der Waals surface area contributed by atoms with Gasteiger partial charge in [-0.25, -0.2) is 0 Å². The van der Waals surface area contributed by atoms with E-state index in [0.29, 0.717) is 24.9 Å². The molecule has 4 nitrogen and oxygen atoms in total. The summed E-state index contributed by atoms with van der Waals surface area (Å²) in [6.07, 6.45) is 6.78. The van der Waals surface area contributed by atoms with E-state index in [2.05, 4.69) is 19.1 Å². The lowest BCUT2D eigenvalue weighted by atomic mass is 9.63. The quantitative estimate of drug-likeness (QED) is 0.800. The van der Waals surface area contributed by atoms with Crippen LogP contribution in [0, 0.1) is 17.3 Å². The van der Waals surface area contributed by atoms with Gasteiger partial charge >= 0.3 is 0 Å². The number of benzene rings is 1. The van der Waals surface area contributed by atoms with Crippen LogP contribution >= 0.6 is 0 Å². The fraction of sp³-hybridized carbons (Fsp3) is 0.560. The summed E-state index contributed by atoms with van der Waals surface area (Å²) in [5, 5.41) is 10.8. The Morgan fingerprint density at radius 3 is 2.66 bits per heavy atom. The lowest BCUT2D eigenvalue weighted by molar-refractivity contribution is -0.114. The summed E-state index contributed by atoms with van der Waals surface area (Å²) < 4.78 is 12.0. The highest BCUT2D eigenvalue weighted by molar-refractivity contribution is 5.93. The van der Waals surface area contributed by atoms with Gasteiger partial charge in [-0.1, -0.05) is 19.1 Å². The van der Waals surface area contributed by atoms with E-state index < -0.39 is 0 Å². The van der Waals surface area contributed by atoms with Gasteiger partial charge in [0.1, 0.15) is 11.9 Å². The van der Waals surface area contributed by atoms with Crippen LogP contribution in [-0.2, 0) is 9.53 Å². The summed E-state index contributed by atoms with van der Waals surface area (Å²) in [5.74, 6) is 1.93. The summed E-state index contributed by atoms with van der Waals surface area (Å²) in [4.78, 5) is 12.1. The molecule has 2 fully saturated rings. The second kappa shape index (κ2) is 7.10. The maximum atomic E-state index is 12.1. The predicted octanol–water partition coefficient (Wildman–Crippen LogP) is 4.54. The minimum atomic E-state index is -0.307. The van der Waals surface area contributed by atoms with Crippen molar-refractivity contribution in [2.75, 3.05) is 13.7 Å². The first kappa shape index (κ1) is 19.1. The summed E-state index contributed by atoms with van der Waals surface area (Å²) in [7, 11) is 1.68. The first-order valence-corrected chi connectivity index (χ1v) is 10.9. The molecule has 4 heteroatoms. The van der Waals surface area contributed by atoms with Crippen molar-refractivity contribution in [1.82, 2.24) is 0 Å². The standard InChI is InChI=1S/C25H30O4/c1-25-14-29-24(15-3-7-18(28-2)8-4-15)23-19-10-6-17(26)13-16(19)5-9-20(23)21(25)11-12-22(25)27/h3-4,7-8,13,20-22,24,27H,5-6,9-12,14H2,1-2H3. The van der Waals surface area contributed by atoms with Crippen LogP contribution in [0.2, 0.25) is 0 Å². The first-order valence-electron chi connectivity index (χ1n) is 10.9.